The number of hydrogen-bond donors (Lipinski definition) is 1. The SMILES string of the molecule is CN(CCc1ccccn1)c1ncccc1CNc1ccc(Cl)cn1. The Hall–Kier alpha value is -2.66. The predicted octanol–water partition coefficient (Wildman–Crippen LogP) is 3.82. The normalized spacial score (nSPS) is 10.5. The van der Waals surface area contributed by atoms with Crippen molar-refractivity contribution in [2.45, 2.75) is 13.0 Å². The fourth-order valence-electron chi connectivity index (χ4n) is 2.51. The first-order valence-corrected chi connectivity index (χ1v) is 8.50. The Labute approximate surface area is 152 Å². The molecule has 3 heterocycles. The minimum Gasteiger partial charge on any atom is -0.366 e. The van der Waals surface area contributed by atoms with E-state index in [0.29, 0.717) is 11.6 Å². The molecule has 0 aliphatic rings. The quantitative estimate of drug-likeness (QED) is 0.699. The average Bonchev–Trinajstić information content (AvgIpc) is 2.67. The molecule has 0 aliphatic carbocycles. The lowest BCUT2D eigenvalue weighted by Crippen LogP contribution is -2.23. The predicted molar refractivity (Wildman–Crippen MR) is 102 cm³/mol. The third kappa shape index (κ3) is 4.90. The smallest absolute Gasteiger partial charge is 0.133 e. The highest BCUT2D eigenvalue weighted by molar-refractivity contribution is 6.30. The maximum Gasteiger partial charge on any atom is 0.133 e. The zero-order chi connectivity index (χ0) is 17.5. The zero-order valence-corrected chi connectivity index (χ0v) is 14.8. The van der Waals surface area contributed by atoms with E-state index in [2.05, 4.69) is 38.3 Å². The fraction of sp³-hybridized carbons (Fsp3) is 0.211. The van der Waals surface area contributed by atoms with Crippen LogP contribution in [-0.4, -0.2) is 28.5 Å². The van der Waals surface area contributed by atoms with Crippen LogP contribution < -0.4 is 10.2 Å². The van der Waals surface area contributed by atoms with Gasteiger partial charge in [-0.3, -0.25) is 4.98 Å². The Balaban J connectivity index is 1.64. The van der Waals surface area contributed by atoms with Crippen LogP contribution in [0.15, 0.2) is 61.1 Å². The number of pyridine rings is 3. The van der Waals surface area contributed by atoms with Gasteiger partial charge in [0.2, 0.25) is 0 Å². The molecule has 0 amide bonds. The first-order valence-electron chi connectivity index (χ1n) is 8.13. The lowest BCUT2D eigenvalue weighted by molar-refractivity contribution is 0.831. The highest BCUT2D eigenvalue weighted by Gasteiger charge is 2.09. The van der Waals surface area contributed by atoms with E-state index in [1.807, 2.05) is 48.8 Å². The summed E-state index contributed by atoms with van der Waals surface area (Å²) in [4.78, 5) is 15.3. The summed E-state index contributed by atoms with van der Waals surface area (Å²) in [5.74, 6) is 1.75. The number of aromatic nitrogens is 3. The highest BCUT2D eigenvalue weighted by Crippen LogP contribution is 2.18. The maximum atomic E-state index is 5.87. The first kappa shape index (κ1) is 17.2. The number of nitrogens with zero attached hydrogens (tertiary/aromatic N) is 4. The number of likely N-dealkylation sites (N-methyl/N-ethyl adjacent to an activating group) is 1. The number of anilines is 2. The van der Waals surface area contributed by atoms with Crippen LogP contribution in [0.1, 0.15) is 11.3 Å². The summed E-state index contributed by atoms with van der Waals surface area (Å²) in [5.41, 5.74) is 2.19. The van der Waals surface area contributed by atoms with Gasteiger partial charge in [-0.15, -0.1) is 0 Å². The van der Waals surface area contributed by atoms with E-state index >= 15 is 0 Å². The van der Waals surface area contributed by atoms with E-state index in [1.165, 1.54) is 0 Å². The van der Waals surface area contributed by atoms with Crippen molar-refractivity contribution in [3.63, 3.8) is 0 Å². The van der Waals surface area contributed by atoms with E-state index in [4.69, 9.17) is 11.6 Å². The van der Waals surface area contributed by atoms with Crippen molar-refractivity contribution in [1.82, 2.24) is 15.0 Å². The second kappa shape index (κ2) is 8.44. The van der Waals surface area contributed by atoms with Gasteiger partial charge in [-0.1, -0.05) is 23.7 Å². The van der Waals surface area contributed by atoms with Crippen molar-refractivity contribution >= 4 is 23.2 Å². The summed E-state index contributed by atoms with van der Waals surface area (Å²) in [6.45, 7) is 1.49. The van der Waals surface area contributed by atoms with Crippen LogP contribution in [0.25, 0.3) is 0 Å². The van der Waals surface area contributed by atoms with Crippen molar-refractivity contribution in [3.05, 3.63) is 77.3 Å². The Morgan fingerprint density at radius 1 is 1.00 bits per heavy atom. The number of nitrogens with one attached hydrogen (secondary N) is 1. The van der Waals surface area contributed by atoms with Gasteiger partial charge >= 0.3 is 0 Å². The van der Waals surface area contributed by atoms with Crippen molar-refractivity contribution in [3.8, 4) is 0 Å². The molecular formula is C19H20ClN5. The third-order valence-corrected chi connectivity index (χ3v) is 4.07. The molecule has 128 valence electrons. The topological polar surface area (TPSA) is 53.9 Å². The van der Waals surface area contributed by atoms with E-state index in [9.17, 15) is 0 Å². The van der Waals surface area contributed by atoms with Crippen LogP contribution in [-0.2, 0) is 13.0 Å². The minimum absolute atomic E-state index is 0.627. The number of hydrogen-bond acceptors (Lipinski definition) is 5. The van der Waals surface area contributed by atoms with Gasteiger partial charge in [-0.25, -0.2) is 9.97 Å². The molecule has 3 rings (SSSR count). The fourth-order valence-corrected chi connectivity index (χ4v) is 2.62. The summed E-state index contributed by atoms with van der Waals surface area (Å²) < 4.78 is 0. The molecule has 0 aliphatic heterocycles. The number of halogens is 1. The van der Waals surface area contributed by atoms with E-state index in [0.717, 1.165) is 35.9 Å². The molecule has 0 spiro atoms. The molecule has 0 radical (unpaired) electrons. The lowest BCUT2D eigenvalue weighted by atomic mass is 10.2. The van der Waals surface area contributed by atoms with Gasteiger partial charge < -0.3 is 10.2 Å². The molecule has 3 aromatic heterocycles. The standard InChI is InChI=1S/C19H20ClN5/c1-25(12-9-17-6-2-3-10-21-17)19-15(5-4-11-22-19)13-23-18-8-7-16(20)14-24-18/h2-8,10-11,14H,9,12-13H2,1H3,(H,23,24). The van der Waals surface area contributed by atoms with Gasteiger partial charge in [0.15, 0.2) is 0 Å². The molecule has 3 aromatic rings. The van der Waals surface area contributed by atoms with Crippen LogP contribution in [0.4, 0.5) is 11.6 Å². The summed E-state index contributed by atoms with van der Waals surface area (Å²) in [6, 6.07) is 13.7. The van der Waals surface area contributed by atoms with E-state index in [-0.39, 0.29) is 0 Å². The monoisotopic (exact) mass is 353 g/mol. The Bertz CT molecular complexity index is 792. The zero-order valence-electron chi connectivity index (χ0n) is 14.1. The summed E-state index contributed by atoms with van der Waals surface area (Å²) in [6.07, 6.45) is 6.15. The second-order valence-electron chi connectivity index (χ2n) is 5.69. The summed E-state index contributed by atoms with van der Waals surface area (Å²) in [7, 11) is 2.05. The molecule has 0 saturated heterocycles. The average molecular weight is 354 g/mol. The molecule has 6 heteroatoms. The van der Waals surface area contributed by atoms with Crippen molar-refractivity contribution in [2.75, 3.05) is 23.8 Å². The van der Waals surface area contributed by atoms with Gasteiger partial charge in [0.25, 0.3) is 0 Å². The Morgan fingerprint density at radius 2 is 1.88 bits per heavy atom. The van der Waals surface area contributed by atoms with Gasteiger partial charge in [-0.05, 0) is 30.3 Å². The second-order valence-corrected chi connectivity index (χ2v) is 6.13. The van der Waals surface area contributed by atoms with Crippen molar-refractivity contribution in [2.24, 2.45) is 0 Å². The van der Waals surface area contributed by atoms with E-state index in [1.54, 1.807) is 6.20 Å². The molecule has 0 atom stereocenters. The summed E-state index contributed by atoms with van der Waals surface area (Å²) in [5, 5.41) is 3.94. The molecule has 0 fully saturated rings. The Morgan fingerprint density at radius 3 is 2.64 bits per heavy atom. The van der Waals surface area contributed by atoms with Crippen LogP contribution in [0.3, 0.4) is 0 Å². The molecule has 0 saturated carbocycles. The minimum atomic E-state index is 0.627. The van der Waals surface area contributed by atoms with Gasteiger partial charge in [-0.2, -0.15) is 0 Å². The third-order valence-electron chi connectivity index (χ3n) is 3.85. The number of rotatable bonds is 7. The molecular weight excluding hydrogens is 334 g/mol. The van der Waals surface area contributed by atoms with Crippen LogP contribution in [0.5, 0.6) is 0 Å². The van der Waals surface area contributed by atoms with Crippen LogP contribution in [0.2, 0.25) is 5.02 Å². The molecule has 25 heavy (non-hydrogen) atoms. The van der Waals surface area contributed by atoms with Crippen molar-refractivity contribution < 1.29 is 0 Å². The molecule has 0 aromatic carbocycles. The largest absolute Gasteiger partial charge is 0.366 e. The Kier molecular flexibility index (Phi) is 5.80. The van der Waals surface area contributed by atoms with Crippen LogP contribution in [0, 0.1) is 0 Å². The van der Waals surface area contributed by atoms with E-state index < -0.39 is 0 Å². The molecule has 0 bridgehead atoms. The highest BCUT2D eigenvalue weighted by atomic mass is 35.5. The molecule has 5 nitrogen and oxygen atoms in total. The summed E-state index contributed by atoms with van der Waals surface area (Å²) >= 11 is 5.87. The maximum absolute atomic E-state index is 5.87. The first-order chi connectivity index (χ1) is 12.2. The lowest BCUT2D eigenvalue weighted by Gasteiger charge is -2.21. The van der Waals surface area contributed by atoms with Crippen LogP contribution >= 0.6 is 11.6 Å². The van der Waals surface area contributed by atoms with Gasteiger partial charge in [0.05, 0.1) is 5.02 Å². The van der Waals surface area contributed by atoms with Gasteiger partial charge in [0, 0.05) is 56.4 Å². The van der Waals surface area contributed by atoms with Crippen molar-refractivity contribution in [1.29, 1.82) is 0 Å². The van der Waals surface area contributed by atoms with Gasteiger partial charge in [0.1, 0.15) is 11.6 Å². The molecule has 0 unspecified atom stereocenters. The molecule has 1 N–H and O–H groups in total.